The number of halogens is 2. The summed E-state index contributed by atoms with van der Waals surface area (Å²) in [5.41, 5.74) is 2.32. The Labute approximate surface area is 173 Å². The van der Waals surface area contributed by atoms with E-state index in [1.807, 2.05) is 48.5 Å². The Kier molecular flexibility index (Phi) is 5.33. The standard InChI is InChI=1S/C21H14F2N4O2S/c22-21(23,19-27-26-18(29-19)12-15(28)7-4-10-24)20-25-16-9-8-14(11-17(16)30-20)13-5-2-1-3-6-13/h1-3,5-6,8-9,11H,4,7,12H2. The number of rotatable bonds is 7. The number of carbonyl (C=O) groups excluding carboxylic acids is 1. The topological polar surface area (TPSA) is 92.7 Å². The molecule has 2 heterocycles. The average molecular weight is 424 g/mol. The van der Waals surface area contributed by atoms with Crippen molar-refractivity contribution in [3.8, 4) is 17.2 Å². The number of nitriles is 1. The maximum Gasteiger partial charge on any atom is 0.374 e. The molecule has 0 bridgehead atoms. The predicted octanol–water partition coefficient (Wildman–Crippen LogP) is 4.90. The van der Waals surface area contributed by atoms with Crippen LogP contribution in [-0.2, 0) is 17.1 Å². The predicted molar refractivity (Wildman–Crippen MR) is 106 cm³/mol. The smallest absolute Gasteiger partial charge is 0.374 e. The molecule has 0 radical (unpaired) electrons. The van der Waals surface area contributed by atoms with Crippen LogP contribution in [0.15, 0.2) is 52.9 Å². The molecule has 0 aliphatic rings. The fourth-order valence-corrected chi connectivity index (χ4v) is 3.84. The molecule has 150 valence electrons. The lowest BCUT2D eigenvalue weighted by molar-refractivity contribution is -0.118. The van der Waals surface area contributed by atoms with Crippen LogP contribution in [0.25, 0.3) is 21.3 Å². The Morgan fingerprint density at radius 1 is 1.13 bits per heavy atom. The molecule has 6 nitrogen and oxygen atoms in total. The van der Waals surface area contributed by atoms with Gasteiger partial charge in [0.15, 0.2) is 5.01 Å². The van der Waals surface area contributed by atoms with Crippen LogP contribution in [0.3, 0.4) is 0 Å². The summed E-state index contributed by atoms with van der Waals surface area (Å²) >= 11 is 0.850. The van der Waals surface area contributed by atoms with Crippen LogP contribution in [0.2, 0.25) is 0 Å². The normalized spacial score (nSPS) is 11.5. The number of fused-ring (bicyclic) bond motifs is 1. The Morgan fingerprint density at radius 3 is 2.70 bits per heavy atom. The molecule has 4 aromatic rings. The highest BCUT2D eigenvalue weighted by Crippen LogP contribution is 2.40. The van der Waals surface area contributed by atoms with E-state index < -0.39 is 16.8 Å². The van der Waals surface area contributed by atoms with Gasteiger partial charge in [0.1, 0.15) is 5.78 Å². The van der Waals surface area contributed by atoms with Crippen LogP contribution in [0, 0.1) is 11.3 Å². The van der Waals surface area contributed by atoms with Gasteiger partial charge in [-0.25, -0.2) is 4.98 Å². The number of ketones is 1. The Hall–Kier alpha value is -3.51. The van der Waals surface area contributed by atoms with Crippen molar-refractivity contribution in [1.29, 1.82) is 5.26 Å². The van der Waals surface area contributed by atoms with Gasteiger partial charge in [-0.1, -0.05) is 36.4 Å². The monoisotopic (exact) mass is 424 g/mol. The summed E-state index contributed by atoms with van der Waals surface area (Å²) in [4.78, 5) is 15.7. The quantitative estimate of drug-likeness (QED) is 0.419. The third-order valence-electron chi connectivity index (χ3n) is 4.36. The highest BCUT2D eigenvalue weighted by molar-refractivity contribution is 7.18. The summed E-state index contributed by atoms with van der Waals surface area (Å²) in [5, 5.41) is 15.0. The van der Waals surface area contributed by atoms with Crippen LogP contribution in [0.5, 0.6) is 0 Å². The molecule has 4 rings (SSSR count). The van der Waals surface area contributed by atoms with Gasteiger partial charge < -0.3 is 4.42 Å². The third-order valence-corrected chi connectivity index (χ3v) is 5.45. The SMILES string of the molecule is N#CCCC(=O)Cc1nnc(C(F)(F)c2nc3ccc(-c4ccccc4)cc3s2)o1. The van der Waals surface area contributed by atoms with E-state index in [9.17, 15) is 13.6 Å². The van der Waals surface area contributed by atoms with Gasteiger partial charge in [-0.15, -0.1) is 21.5 Å². The van der Waals surface area contributed by atoms with E-state index in [0.29, 0.717) is 10.2 Å². The molecule has 0 aliphatic carbocycles. The first-order chi connectivity index (χ1) is 14.5. The highest BCUT2D eigenvalue weighted by Gasteiger charge is 2.44. The van der Waals surface area contributed by atoms with Crippen molar-refractivity contribution in [3.05, 3.63) is 65.3 Å². The van der Waals surface area contributed by atoms with Crippen molar-refractivity contribution >= 4 is 27.3 Å². The van der Waals surface area contributed by atoms with E-state index in [1.165, 1.54) is 0 Å². The van der Waals surface area contributed by atoms with E-state index in [-0.39, 0.29) is 30.9 Å². The summed E-state index contributed by atoms with van der Waals surface area (Å²) in [7, 11) is 0. The molecule has 0 spiro atoms. The number of alkyl halides is 2. The number of Topliss-reactive ketones (excluding diaryl/α,β-unsaturated/α-hetero) is 1. The molecule has 2 aromatic heterocycles. The van der Waals surface area contributed by atoms with Crippen molar-refractivity contribution in [1.82, 2.24) is 15.2 Å². The second-order valence-corrected chi connectivity index (χ2v) is 7.55. The van der Waals surface area contributed by atoms with E-state index >= 15 is 0 Å². The second-order valence-electron chi connectivity index (χ2n) is 6.52. The van der Waals surface area contributed by atoms with Crippen LogP contribution in [0.4, 0.5) is 8.78 Å². The number of nitrogens with zero attached hydrogens (tertiary/aromatic N) is 4. The van der Waals surface area contributed by atoms with Gasteiger partial charge >= 0.3 is 5.92 Å². The molecule has 0 unspecified atom stereocenters. The lowest BCUT2D eigenvalue weighted by Gasteiger charge is -2.07. The molecule has 9 heteroatoms. The van der Waals surface area contributed by atoms with Gasteiger partial charge in [0.05, 0.1) is 22.7 Å². The minimum Gasteiger partial charge on any atom is -0.419 e. The summed E-state index contributed by atoms with van der Waals surface area (Å²) in [6.45, 7) is 0. The highest BCUT2D eigenvalue weighted by atomic mass is 32.1. The summed E-state index contributed by atoms with van der Waals surface area (Å²) < 4.78 is 35.5. The zero-order valence-corrected chi connectivity index (χ0v) is 16.3. The average Bonchev–Trinajstić information content (AvgIpc) is 3.40. The van der Waals surface area contributed by atoms with Crippen LogP contribution < -0.4 is 0 Å². The van der Waals surface area contributed by atoms with Crippen molar-refractivity contribution in [2.24, 2.45) is 0 Å². The maximum atomic E-state index is 14.9. The van der Waals surface area contributed by atoms with Gasteiger partial charge in [-0.2, -0.15) is 14.0 Å². The van der Waals surface area contributed by atoms with E-state index in [4.69, 9.17) is 9.68 Å². The number of aromatic nitrogens is 3. The lowest BCUT2D eigenvalue weighted by atomic mass is 10.1. The first kappa shape index (κ1) is 19.8. The second kappa shape index (κ2) is 8.08. The van der Waals surface area contributed by atoms with E-state index in [0.717, 1.165) is 22.5 Å². The summed E-state index contributed by atoms with van der Waals surface area (Å²) in [6.07, 6.45) is -0.232. The molecule has 0 saturated heterocycles. The van der Waals surface area contributed by atoms with Gasteiger partial charge in [0, 0.05) is 12.8 Å². The Bertz CT molecular complexity index is 1240. The first-order valence-electron chi connectivity index (χ1n) is 9.03. The van der Waals surface area contributed by atoms with Gasteiger partial charge in [-0.05, 0) is 23.3 Å². The lowest BCUT2D eigenvalue weighted by Crippen LogP contribution is -2.15. The number of thiazole rings is 1. The van der Waals surface area contributed by atoms with Crippen molar-refractivity contribution < 1.29 is 18.0 Å². The fraction of sp³-hybridized carbons (Fsp3) is 0.190. The number of carbonyl (C=O) groups is 1. The Morgan fingerprint density at radius 2 is 1.93 bits per heavy atom. The van der Waals surface area contributed by atoms with Crippen LogP contribution >= 0.6 is 11.3 Å². The molecule has 0 saturated carbocycles. The molecule has 0 fully saturated rings. The first-order valence-corrected chi connectivity index (χ1v) is 9.85. The minimum atomic E-state index is -3.59. The molecule has 2 aromatic carbocycles. The van der Waals surface area contributed by atoms with Gasteiger partial charge in [-0.3, -0.25) is 4.79 Å². The van der Waals surface area contributed by atoms with Crippen molar-refractivity contribution in [3.63, 3.8) is 0 Å². The molecule has 0 aliphatic heterocycles. The third kappa shape index (κ3) is 3.95. The summed E-state index contributed by atoms with van der Waals surface area (Å²) in [5.74, 6) is -5.03. The van der Waals surface area contributed by atoms with Gasteiger partial charge in [0.2, 0.25) is 5.89 Å². The zero-order chi connectivity index (χ0) is 21.1. The molecule has 0 amide bonds. The largest absolute Gasteiger partial charge is 0.419 e. The van der Waals surface area contributed by atoms with Gasteiger partial charge in [0.25, 0.3) is 5.89 Å². The molecular weight excluding hydrogens is 410 g/mol. The van der Waals surface area contributed by atoms with Crippen molar-refractivity contribution in [2.45, 2.75) is 25.2 Å². The molecule has 0 atom stereocenters. The number of hydrogen-bond acceptors (Lipinski definition) is 7. The van der Waals surface area contributed by atoms with Crippen LogP contribution in [-0.4, -0.2) is 21.0 Å². The number of hydrogen-bond donors (Lipinski definition) is 0. The van der Waals surface area contributed by atoms with E-state index in [1.54, 1.807) is 6.07 Å². The van der Waals surface area contributed by atoms with Crippen LogP contribution in [0.1, 0.15) is 29.6 Å². The number of benzene rings is 2. The molecule has 0 N–H and O–H groups in total. The summed E-state index contributed by atoms with van der Waals surface area (Å²) in [6, 6.07) is 16.8. The zero-order valence-electron chi connectivity index (χ0n) is 15.5. The fourth-order valence-electron chi connectivity index (χ4n) is 2.86. The van der Waals surface area contributed by atoms with E-state index in [2.05, 4.69) is 15.2 Å². The minimum absolute atomic E-state index is 0.00617. The maximum absolute atomic E-state index is 14.9. The molecule has 30 heavy (non-hydrogen) atoms. The van der Waals surface area contributed by atoms with Crippen molar-refractivity contribution in [2.75, 3.05) is 0 Å². The molecular formula is C21H14F2N4O2S. The Balaban J connectivity index is 1.60.